The molecule has 3 rings (SSSR count). The molecule has 2 unspecified atom stereocenters. The highest BCUT2D eigenvalue weighted by Crippen LogP contribution is 2.37. The van der Waals surface area contributed by atoms with Crippen LogP contribution in [0.1, 0.15) is 25.3 Å². The summed E-state index contributed by atoms with van der Waals surface area (Å²) in [6, 6.07) is 7.82. The highest BCUT2D eigenvalue weighted by molar-refractivity contribution is 5.95. The third-order valence-electron chi connectivity index (χ3n) is 4.48. The maximum absolute atomic E-state index is 12.6. The van der Waals surface area contributed by atoms with Crippen LogP contribution in [-0.2, 0) is 0 Å². The van der Waals surface area contributed by atoms with Gasteiger partial charge in [-0.25, -0.2) is 0 Å². The SMILES string of the molecule is CC(CO)C(C)c1ccc2c(=O)c3c(O)cccc3oc2c1O. The summed E-state index contributed by atoms with van der Waals surface area (Å²) in [5.74, 6) is -0.397. The van der Waals surface area contributed by atoms with Crippen LogP contribution < -0.4 is 5.43 Å². The van der Waals surface area contributed by atoms with E-state index in [9.17, 15) is 20.1 Å². The van der Waals surface area contributed by atoms with Crippen molar-refractivity contribution in [1.82, 2.24) is 0 Å². The molecule has 2 atom stereocenters. The van der Waals surface area contributed by atoms with E-state index in [1.165, 1.54) is 6.07 Å². The third-order valence-corrected chi connectivity index (χ3v) is 4.48. The minimum atomic E-state index is -0.385. The minimum absolute atomic E-state index is 0.00577. The van der Waals surface area contributed by atoms with Gasteiger partial charge in [0.15, 0.2) is 11.3 Å². The molecule has 2 aromatic carbocycles. The quantitative estimate of drug-likeness (QED) is 0.646. The third kappa shape index (κ3) is 2.33. The molecule has 120 valence electrons. The normalized spacial score (nSPS) is 14.2. The summed E-state index contributed by atoms with van der Waals surface area (Å²) in [4.78, 5) is 12.6. The maximum atomic E-state index is 12.6. The van der Waals surface area contributed by atoms with Crippen molar-refractivity contribution in [2.45, 2.75) is 19.8 Å². The topological polar surface area (TPSA) is 90.9 Å². The lowest BCUT2D eigenvalue weighted by Gasteiger charge is -2.19. The smallest absolute Gasteiger partial charge is 0.204 e. The number of phenols is 2. The highest BCUT2D eigenvalue weighted by atomic mass is 16.4. The molecular formula is C18H18O5. The van der Waals surface area contributed by atoms with Crippen LogP contribution in [0.2, 0.25) is 0 Å². The van der Waals surface area contributed by atoms with E-state index in [2.05, 4.69) is 0 Å². The Kier molecular flexibility index (Phi) is 3.74. The van der Waals surface area contributed by atoms with Crippen molar-refractivity contribution in [3.05, 3.63) is 46.1 Å². The largest absolute Gasteiger partial charge is 0.507 e. The first-order valence-electron chi connectivity index (χ1n) is 7.47. The van der Waals surface area contributed by atoms with Gasteiger partial charge in [0, 0.05) is 12.2 Å². The Morgan fingerprint density at radius 1 is 1.13 bits per heavy atom. The van der Waals surface area contributed by atoms with Gasteiger partial charge >= 0.3 is 0 Å². The van der Waals surface area contributed by atoms with Crippen LogP contribution in [0.3, 0.4) is 0 Å². The first-order chi connectivity index (χ1) is 11.0. The second-order valence-electron chi connectivity index (χ2n) is 5.91. The van der Waals surface area contributed by atoms with Crippen LogP contribution >= 0.6 is 0 Å². The molecule has 3 N–H and O–H groups in total. The number of hydrogen-bond donors (Lipinski definition) is 3. The van der Waals surface area contributed by atoms with Gasteiger partial charge in [-0.1, -0.05) is 26.0 Å². The van der Waals surface area contributed by atoms with Gasteiger partial charge in [0.25, 0.3) is 0 Å². The lowest BCUT2D eigenvalue weighted by molar-refractivity contribution is 0.219. The summed E-state index contributed by atoms with van der Waals surface area (Å²) >= 11 is 0. The summed E-state index contributed by atoms with van der Waals surface area (Å²) in [6.45, 7) is 3.77. The average Bonchev–Trinajstić information content (AvgIpc) is 2.54. The van der Waals surface area contributed by atoms with Gasteiger partial charge in [-0.2, -0.15) is 0 Å². The zero-order chi connectivity index (χ0) is 16.7. The lowest BCUT2D eigenvalue weighted by atomic mass is 9.88. The summed E-state index contributed by atoms with van der Waals surface area (Å²) in [6.07, 6.45) is 0. The lowest BCUT2D eigenvalue weighted by Crippen LogP contribution is -2.11. The Labute approximate surface area is 132 Å². The fourth-order valence-corrected chi connectivity index (χ4v) is 2.78. The van der Waals surface area contributed by atoms with Gasteiger partial charge < -0.3 is 19.7 Å². The number of hydrogen-bond acceptors (Lipinski definition) is 5. The van der Waals surface area contributed by atoms with Crippen molar-refractivity contribution >= 4 is 21.9 Å². The van der Waals surface area contributed by atoms with Crippen LogP contribution in [0.5, 0.6) is 11.5 Å². The van der Waals surface area contributed by atoms with Crippen molar-refractivity contribution in [3.63, 3.8) is 0 Å². The Bertz CT molecular complexity index is 941. The number of aliphatic hydroxyl groups excluding tert-OH is 1. The zero-order valence-corrected chi connectivity index (χ0v) is 12.9. The molecule has 23 heavy (non-hydrogen) atoms. The number of fused-ring (bicyclic) bond motifs is 2. The number of aromatic hydroxyl groups is 2. The number of rotatable bonds is 3. The average molecular weight is 314 g/mol. The van der Waals surface area contributed by atoms with Crippen LogP contribution in [0.15, 0.2) is 39.5 Å². The van der Waals surface area contributed by atoms with Crippen LogP contribution in [0.4, 0.5) is 0 Å². The molecule has 1 heterocycles. The predicted molar refractivity (Wildman–Crippen MR) is 88.0 cm³/mol. The van der Waals surface area contributed by atoms with Gasteiger partial charge in [0.1, 0.15) is 16.7 Å². The van der Waals surface area contributed by atoms with Gasteiger partial charge in [-0.3, -0.25) is 4.79 Å². The molecule has 0 spiro atoms. The molecule has 0 fully saturated rings. The van der Waals surface area contributed by atoms with Gasteiger partial charge in [0.05, 0.1) is 5.39 Å². The molecule has 0 bridgehead atoms. The Balaban J connectivity index is 2.35. The fraction of sp³-hybridized carbons (Fsp3) is 0.278. The highest BCUT2D eigenvalue weighted by Gasteiger charge is 2.21. The van der Waals surface area contributed by atoms with Crippen molar-refractivity contribution in [2.24, 2.45) is 5.92 Å². The van der Waals surface area contributed by atoms with Crippen molar-refractivity contribution in [1.29, 1.82) is 0 Å². The van der Waals surface area contributed by atoms with E-state index >= 15 is 0 Å². The van der Waals surface area contributed by atoms with Crippen LogP contribution in [0.25, 0.3) is 21.9 Å². The summed E-state index contributed by atoms with van der Waals surface area (Å²) in [5.41, 5.74) is 0.547. The fourth-order valence-electron chi connectivity index (χ4n) is 2.78. The second kappa shape index (κ2) is 5.59. The minimum Gasteiger partial charge on any atom is -0.507 e. The molecular weight excluding hydrogens is 296 g/mol. The van der Waals surface area contributed by atoms with E-state index in [-0.39, 0.29) is 57.3 Å². The van der Waals surface area contributed by atoms with E-state index < -0.39 is 0 Å². The molecule has 5 nitrogen and oxygen atoms in total. The summed E-state index contributed by atoms with van der Waals surface area (Å²) < 4.78 is 5.67. The molecule has 0 amide bonds. The molecule has 0 aliphatic carbocycles. The first kappa shape index (κ1) is 15.4. The van der Waals surface area contributed by atoms with E-state index in [0.717, 1.165) is 0 Å². The van der Waals surface area contributed by atoms with E-state index in [0.29, 0.717) is 5.56 Å². The Morgan fingerprint density at radius 3 is 2.57 bits per heavy atom. The molecule has 3 aromatic rings. The van der Waals surface area contributed by atoms with Crippen LogP contribution in [0, 0.1) is 5.92 Å². The zero-order valence-electron chi connectivity index (χ0n) is 12.9. The summed E-state index contributed by atoms with van der Waals surface area (Å²) in [7, 11) is 0. The monoisotopic (exact) mass is 314 g/mol. The Hall–Kier alpha value is -2.53. The van der Waals surface area contributed by atoms with Crippen molar-refractivity contribution in [3.8, 4) is 11.5 Å². The molecule has 0 saturated heterocycles. The molecule has 1 aromatic heterocycles. The van der Waals surface area contributed by atoms with Crippen molar-refractivity contribution < 1.29 is 19.7 Å². The summed E-state index contributed by atoms with van der Waals surface area (Å²) in [5, 5.41) is 30.0. The van der Waals surface area contributed by atoms with Gasteiger partial charge in [-0.05, 0) is 30.0 Å². The standard InChI is InChI=1S/C18H18O5/c1-9(8-19)10(2)11-6-7-12-16(21)15-13(20)4-3-5-14(15)23-18(12)17(11)22/h3-7,9-10,19-20,22H,8H2,1-2H3. The second-order valence-corrected chi connectivity index (χ2v) is 5.91. The number of phenolic OH excluding ortho intramolecular Hbond substituents is 2. The van der Waals surface area contributed by atoms with Crippen LogP contribution in [-0.4, -0.2) is 21.9 Å². The molecule has 0 saturated carbocycles. The Morgan fingerprint density at radius 2 is 1.87 bits per heavy atom. The first-order valence-corrected chi connectivity index (χ1v) is 7.47. The number of benzene rings is 2. The van der Waals surface area contributed by atoms with Crippen molar-refractivity contribution in [2.75, 3.05) is 6.61 Å². The molecule has 0 aliphatic heterocycles. The molecule has 0 radical (unpaired) electrons. The van der Waals surface area contributed by atoms with E-state index in [4.69, 9.17) is 4.42 Å². The van der Waals surface area contributed by atoms with Gasteiger partial charge in [-0.15, -0.1) is 0 Å². The van der Waals surface area contributed by atoms with E-state index in [1.54, 1.807) is 24.3 Å². The molecule has 0 aliphatic rings. The van der Waals surface area contributed by atoms with E-state index in [1.807, 2.05) is 13.8 Å². The maximum Gasteiger partial charge on any atom is 0.204 e. The van der Waals surface area contributed by atoms with Gasteiger partial charge in [0.2, 0.25) is 5.43 Å². The number of aliphatic hydroxyl groups is 1. The predicted octanol–water partition coefficient (Wildman–Crippen LogP) is 3.09. The molecule has 5 heteroatoms.